The Labute approximate surface area is 125 Å². The largest absolute Gasteiger partial charge is 0.389 e. The Hall–Kier alpha value is -1.78. The van der Waals surface area contributed by atoms with Gasteiger partial charge in [0.05, 0.1) is 5.60 Å². The van der Waals surface area contributed by atoms with E-state index >= 15 is 0 Å². The van der Waals surface area contributed by atoms with Crippen molar-refractivity contribution in [1.29, 1.82) is 0 Å². The number of nitrogens with zero attached hydrogens (tertiary/aromatic N) is 2. The van der Waals surface area contributed by atoms with Gasteiger partial charge >= 0.3 is 0 Å². The Morgan fingerprint density at radius 3 is 2.38 bits per heavy atom. The van der Waals surface area contributed by atoms with Crippen LogP contribution >= 0.6 is 0 Å². The molecule has 0 aliphatic rings. The molecule has 4 heteroatoms. The zero-order valence-electron chi connectivity index (χ0n) is 12.7. The molecule has 1 N–H and O–H groups in total. The number of pyridine rings is 1. The summed E-state index contributed by atoms with van der Waals surface area (Å²) in [6.07, 6.45) is 3.39. The lowest BCUT2D eigenvalue weighted by atomic mass is 10.0. The van der Waals surface area contributed by atoms with Gasteiger partial charge in [-0.3, -0.25) is 9.88 Å². The van der Waals surface area contributed by atoms with Crippen molar-refractivity contribution in [2.24, 2.45) is 0 Å². The number of halogens is 1. The topological polar surface area (TPSA) is 36.4 Å². The van der Waals surface area contributed by atoms with Gasteiger partial charge in [-0.2, -0.15) is 0 Å². The second-order valence-electron chi connectivity index (χ2n) is 6.03. The summed E-state index contributed by atoms with van der Waals surface area (Å²) < 4.78 is 14.2. The molecule has 0 saturated carbocycles. The van der Waals surface area contributed by atoms with E-state index in [0.717, 1.165) is 11.1 Å². The molecule has 2 rings (SSSR count). The van der Waals surface area contributed by atoms with Gasteiger partial charge in [-0.05, 0) is 50.2 Å². The third kappa shape index (κ3) is 4.62. The van der Waals surface area contributed by atoms with Crippen molar-refractivity contribution in [2.45, 2.75) is 26.0 Å². The van der Waals surface area contributed by atoms with Gasteiger partial charge in [0.1, 0.15) is 5.82 Å². The summed E-state index contributed by atoms with van der Waals surface area (Å²) in [6.45, 7) is 4.43. The third-order valence-electron chi connectivity index (χ3n) is 3.16. The molecule has 1 aromatic carbocycles. The average molecular weight is 288 g/mol. The number of benzene rings is 1. The standard InChI is InChI=1S/C17H21FN2O/c1-17(2,21)12-20(3)11-15-5-4-14(10-16(15)18)13-6-8-19-9-7-13/h4-10,21H,11-12H2,1-3H3. The van der Waals surface area contributed by atoms with Crippen LogP contribution in [0.15, 0.2) is 42.7 Å². The Morgan fingerprint density at radius 2 is 1.81 bits per heavy atom. The Bertz CT molecular complexity index is 593. The van der Waals surface area contributed by atoms with E-state index in [2.05, 4.69) is 4.98 Å². The van der Waals surface area contributed by atoms with Crippen LogP contribution in [0.4, 0.5) is 4.39 Å². The zero-order valence-corrected chi connectivity index (χ0v) is 12.7. The molecule has 0 atom stereocenters. The van der Waals surface area contributed by atoms with Gasteiger partial charge in [0, 0.05) is 31.0 Å². The molecule has 0 aliphatic heterocycles. The number of aliphatic hydroxyl groups is 1. The van der Waals surface area contributed by atoms with Crippen LogP contribution in [0.5, 0.6) is 0 Å². The van der Waals surface area contributed by atoms with Crippen molar-refractivity contribution in [3.63, 3.8) is 0 Å². The Balaban J connectivity index is 2.13. The molecular weight excluding hydrogens is 267 g/mol. The van der Waals surface area contributed by atoms with Crippen LogP contribution in [-0.4, -0.2) is 34.2 Å². The number of aromatic nitrogens is 1. The second kappa shape index (κ2) is 6.33. The fourth-order valence-electron chi connectivity index (χ4n) is 2.41. The smallest absolute Gasteiger partial charge is 0.128 e. The van der Waals surface area contributed by atoms with Gasteiger partial charge in [-0.25, -0.2) is 4.39 Å². The summed E-state index contributed by atoms with van der Waals surface area (Å²) >= 11 is 0. The van der Waals surface area contributed by atoms with Crippen LogP contribution < -0.4 is 0 Å². The molecule has 1 aromatic heterocycles. The molecule has 0 bridgehead atoms. The zero-order chi connectivity index (χ0) is 15.5. The van der Waals surface area contributed by atoms with E-state index in [0.29, 0.717) is 18.7 Å². The average Bonchev–Trinajstić information content (AvgIpc) is 2.40. The highest BCUT2D eigenvalue weighted by Gasteiger charge is 2.16. The molecule has 0 spiro atoms. The fourth-order valence-corrected chi connectivity index (χ4v) is 2.41. The first-order valence-electron chi connectivity index (χ1n) is 6.95. The van der Waals surface area contributed by atoms with Gasteiger partial charge in [0.15, 0.2) is 0 Å². The minimum atomic E-state index is -0.789. The number of hydrogen-bond acceptors (Lipinski definition) is 3. The molecule has 112 valence electrons. The normalized spacial score (nSPS) is 11.9. The van der Waals surface area contributed by atoms with E-state index in [1.807, 2.05) is 30.1 Å². The van der Waals surface area contributed by atoms with Gasteiger partial charge in [-0.15, -0.1) is 0 Å². The summed E-state index contributed by atoms with van der Waals surface area (Å²) in [5.74, 6) is -0.230. The Morgan fingerprint density at radius 1 is 1.14 bits per heavy atom. The van der Waals surface area contributed by atoms with Crippen LogP contribution in [0.25, 0.3) is 11.1 Å². The highest BCUT2D eigenvalue weighted by atomic mass is 19.1. The number of likely N-dealkylation sites (N-methyl/N-ethyl adjacent to an activating group) is 1. The molecule has 2 aromatic rings. The summed E-state index contributed by atoms with van der Waals surface area (Å²) in [5, 5.41) is 9.79. The van der Waals surface area contributed by atoms with Crippen molar-refractivity contribution >= 4 is 0 Å². The number of rotatable bonds is 5. The lowest BCUT2D eigenvalue weighted by Crippen LogP contribution is -2.35. The lowest BCUT2D eigenvalue weighted by molar-refractivity contribution is 0.0422. The summed E-state index contributed by atoms with van der Waals surface area (Å²) in [7, 11) is 1.87. The summed E-state index contributed by atoms with van der Waals surface area (Å²) in [6, 6.07) is 8.96. The van der Waals surface area contributed by atoms with Crippen molar-refractivity contribution in [3.8, 4) is 11.1 Å². The molecule has 1 heterocycles. The van der Waals surface area contributed by atoms with Crippen LogP contribution in [0, 0.1) is 5.82 Å². The third-order valence-corrected chi connectivity index (χ3v) is 3.16. The minimum absolute atomic E-state index is 0.230. The first-order chi connectivity index (χ1) is 9.85. The summed E-state index contributed by atoms with van der Waals surface area (Å²) in [4.78, 5) is 5.87. The highest BCUT2D eigenvalue weighted by Crippen LogP contribution is 2.22. The van der Waals surface area contributed by atoms with E-state index in [-0.39, 0.29) is 5.82 Å². The molecule has 0 amide bonds. The van der Waals surface area contributed by atoms with Crippen molar-refractivity contribution in [1.82, 2.24) is 9.88 Å². The van der Waals surface area contributed by atoms with Gasteiger partial charge in [0.2, 0.25) is 0 Å². The van der Waals surface area contributed by atoms with E-state index in [9.17, 15) is 9.50 Å². The molecule has 0 unspecified atom stereocenters. The first-order valence-corrected chi connectivity index (χ1v) is 6.95. The molecule has 0 aliphatic carbocycles. The van der Waals surface area contributed by atoms with Crippen LogP contribution in [0.1, 0.15) is 19.4 Å². The van der Waals surface area contributed by atoms with E-state index < -0.39 is 5.60 Å². The SMILES string of the molecule is CN(Cc1ccc(-c2ccncc2)cc1F)CC(C)(C)O. The van der Waals surface area contributed by atoms with Gasteiger partial charge < -0.3 is 5.11 Å². The van der Waals surface area contributed by atoms with E-state index in [4.69, 9.17) is 0 Å². The van der Waals surface area contributed by atoms with Crippen molar-refractivity contribution in [3.05, 3.63) is 54.1 Å². The van der Waals surface area contributed by atoms with E-state index in [1.54, 1.807) is 38.4 Å². The molecule has 0 radical (unpaired) electrons. The maximum Gasteiger partial charge on any atom is 0.128 e. The second-order valence-corrected chi connectivity index (χ2v) is 6.03. The fraction of sp³-hybridized carbons (Fsp3) is 0.353. The minimum Gasteiger partial charge on any atom is -0.389 e. The quantitative estimate of drug-likeness (QED) is 0.918. The van der Waals surface area contributed by atoms with Gasteiger partial charge in [0.25, 0.3) is 0 Å². The highest BCUT2D eigenvalue weighted by molar-refractivity contribution is 5.63. The molecule has 21 heavy (non-hydrogen) atoms. The maximum atomic E-state index is 14.2. The monoisotopic (exact) mass is 288 g/mol. The van der Waals surface area contributed by atoms with Crippen LogP contribution in [-0.2, 0) is 6.54 Å². The Kier molecular flexibility index (Phi) is 4.70. The number of hydrogen-bond donors (Lipinski definition) is 1. The maximum absolute atomic E-state index is 14.2. The predicted molar refractivity (Wildman–Crippen MR) is 82.3 cm³/mol. The van der Waals surface area contributed by atoms with Crippen LogP contribution in [0.3, 0.4) is 0 Å². The first kappa shape index (κ1) is 15.6. The molecule has 0 saturated heterocycles. The molecule has 3 nitrogen and oxygen atoms in total. The molecule has 0 fully saturated rings. The van der Waals surface area contributed by atoms with Crippen LogP contribution in [0.2, 0.25) is 0 Å². The summed E-state index contributed by atoms with van der Waals surface area (Å²) in [5.41, 5.74) is 1.62. The predicted octanol–water partition coefficient (Wildman–Crippen LogP) is 3.09. The van der Waals surface area contributed by atoms with Crippen molar-refractivity contribution < 1.29 is 9.50 Å². The lowest BCUT2D eigenvalue weighted by Gasteiger charge is -2.25. The van der Waals surface area contributed by atoms with Crippen molar-refractivity contribution in [2.75, 3.05) is 13.6 Å². The van der Waals surface area contributed by atoms with E-state index in [1.165, 1.54) is 0 Å². The molecular formula is C17H21FN2O. The van der Waals surface area contributed by atoms with Gasteiger partial charge in [-0.1, -0.05) is 12.1 Å².